The van der Waals surface area contributed by atoms with Gasteiger partial charge in [0.05, 0.1) is 37.6 Å². The molecule has 1 N–H and O–H groups in total. The summed E-state index contributed by atoms with van der Waals surface area (Å²) in [7, 11) is 1.56. The van der Waals surface area contributed by atoms with Gasteiger partial charge in [0.1, 0.15) is 5.92 Å². The van der Waals surface area contributed by atoms with Crippen LogP contribution in [0.25, 0.3) is 0 Å². The molecular formula is C23H24N4O2. The topological polar surface area (TPSA) is 114 Å². The summed E-state index contributed by atoms with van der Waals surface area (Å²) >= 11 is 0. The first-order valence-corrected chi connectivity index (χ1v) is 9.89. The first-order valence-electron chi connectivity index (χ1n) is 9.89. The fourth-order valence-electron chi connectivity index (χ4n) is 4.59. The maximum atomic E-state index is 10.0. The van der Waals surface area contributed by atoms with Crippen molar-refractivity contribution in [3.05, 3.63) is 35.4 Å². The lowest BCUT2D eigenvalue weighted by molar-refractivity contribution is 0.291. The molecule has 3 rings (SSSR count). The number of hydrogen-bond donors (Lipinski definition) is 1. The third kappa shape index (κ3) is 3.24. The second kappa shape index (κ2) is 8.38. The van der Waals surface area contributed by atoms with E-state index < -0.39 is 17.3 Å². The number of allylic oxidation sites excluding steroid dienone is 2. The molecule has 3 atom stereocenters. The Labute approximate surface area is 171 Å². The quantitative estimate of drug-likeness (QED) is 0.746. The SMILES string of the molecule is CCCOc1ccc([C@H]2[C@@H]3CCCC=C3[C@@H](C#N)C(=N)C2(C#N)C#N)cc1OC. The molecule has 0 unspecified atom stereocenters. The second-order valence-electron chi connectivity index (χ2n) is 7.49. The van der Waals surface area contributed by atoms with Gasteiger partial charge in [0, 0.05) is 5.92 Å². The Morgan fingerprint density at radius 3 is 2.59 bits per heavy atom. The number of rotatable bonds is 5. The summed E-state index contributed by atoms with van der Waals surface area (Å²) in [5.74, 6) is -0.331. The van der Waals surface area contributed by atoms with Gasteiger partial charge in [-0.2, -0.15) is 15.8 Å². The average molecular weight is 388 g/mol. The van der Waals surface area contributed by atoms with Crippen molar-refractivity contribution in [1.29, 1.82) is 21.2 Å². The van der Waals surface area contributed by atoms with E-state index in [2.05, 4.69) is 18.2 Å². The molecule has 0 spiro atoms. The Morgan fingerprint density at radius 1 is 1.21 bits per heavy atom. The van der Waals surface area contributed by atoms with Gasteiger partial charge in [-0.3, -0.25) is 0 Å². The third-order valence-corrected chi connectivity index (χ3v) is 5.93. The minimum Gasteiger partial charge on any atom is -0.493 e. The molecule has 6 heteroatoms. The molecule has 0 saturated heterocycles. The maximum Gasteiger partial charge on any atom is 0.189 e. The van der Waals surface area contributed by atoms with Crippen LogP contribution in [0.4, 0.5) is 0 Å². The fraction of sp³-hybridized carbons (Fsp3) is 0.478. The monoisotopic (exact) mass is 388 g/mol. The summed E-state index contributed by atoms with van der Waals surface area (Å²) < 4.78 is 11.2. The number of nitriles is 3. The van der Waals surface area contributed by atoms with Gasteiger partial charge < -0.3 is 14.9 Å². The van der Waals surface area contributed by atoms with E-state index in [1.807, 2.05) is 25.1 Å². The number of nitrogens with zero attached hydrogens (tertiary/aromatic N) is 3. The largest absolute Gasteiger partial charge is 0.493 e. The van der Waals surface area contributed by atoms with Crippen LogP contribution in [0.2, 0.25) is 0 Å². The Hall–Kier alpha value is -3.30. The van der Waals surface area contributed by atoms with Gasteiger partial charge in [-0.05, 0) is 54.9 Å². The van der Waals surface area contributed by atoms with E-state index in [-0.39, 0.29) is 11.6 Å². The van der Waals surface area contributed by atoms with Crippen molar-refractivity contribution in [2.24, 2.45) is 17.3 Å². The van der Waals surface area contributed by atoms with E-state index in [0.717, 1.165) is 36.8 Å². The van der Waals surface area contributed by atoms with E-state index in [4.69, 9.17) is 14.9 Å². The van der Waals surface area contributed by atoms with Crippen LogP contribution in [-0.2, 0) is 0 Å². The summed E-state index contributed by atoms with van der Waals surface area (Å²) in [6, 6.07) is 11.9. The van der Waals surface area contributed by atoms with Crippen molar-refractivity contribution in [3.8, 4) is 29.7 Å². The predicted octanol–water partition coefficient (Wildman–Crippen LogP) is 4.50. The van der Waals surface area contributed by atoms with E-state index in [1.165, 1.54) is 0 Å². The van der Waals surface area contributed by atoms with Crippen molar-refractivity contribution >= 4 is 5.71 Å². The molecule has 2 aliphatic carbocycles. The van der Waals surface area contributed by atoms with Crippen LogP contribution in [0.15, 0.2) is 29.8 Å². The highest BCUT2D eigenvalue weighted by Gasteiger charge is 2.57. The predicted molar refractivity (Wildman–Crippen MR) is 107 cm³/mol. The summed E-state index contributed by atoms with van der Waals surface area (Å²) in [6.45, 7) is 2.58. The zero-order valence-electron chi connectivity index (χ0n) is 16.7. The minimum atomic E-state index is -1.68. The van der Waals surface area contributed by atoms with Gasteiger partial charge in [-0.25, -0.2) is 0 Å². The molecule has 1 saturated carbocycles. The van der Waals surface area contributed by atoms with Gasteiger partial charge in [-0.1, -0.05) is 19.1 Å². The van der Waals surface area contributed by atoms with Gasteiger partial charge in [-0.15, -0.1) is 0 Å². The molecule has 0 aliphatic heterocycles. The molecule has 1 fully saturated rings. The van der Waals surface area contributed by atoms with E-state index >= 15 is 0 Å². The lowest BCUT2D eigenvalue weighted by atomic mass is 9.53. The fourth-order valence-corrected chi connectivity index (χ4v) is 4.59. The van der Waals surface area contributed by atoms with Crippen molar-refractivity contribution in [3.63, 3.8) is 0 Å². The average Bonchev–Trinajstić information content (AvgIpc) is 2.77. The zero-order valence-corrected chi connectivity index (χ0v) is 16.7. The molecule has 1 aromatic rings. The smallest absolute Gasteiger partial charge is 0.189 e. The van der Waals surface area contributed by atoms with E-state index in [0.29, 0.717) is 18.1 Å². The van der Waals surface area contributed by atoms with Gasteiger partial charge >= 0.3 is 0 Å². The van der Waals surface area contributed by atoms with Crippen molar-refractivity contribution in [1.82, 2.24) is 0 Å². The molecule has 1 aromatic carbocycles. The zero-order chi connectivity index (χ0) is 21.0. The molecule has 0 heterocycles. The molecule has 148 valence electrons. The maximum absolute atomic E-state index is 10.0. The van der Waals surface area contributed by atoms with Gasteiger partial charge in [0.15, 0.2) is 16.9 Å². The lowest BCUT2D eigenvalue weighted by Crippen LogP contribution is -2.48. The van der Waals surface area contributed by atoms with Crippen LogP contribution < -0.4 is 9.47 Å². The van der Waals surface area contributed by atoms with Crippen molar-refractivity contribution in [2.75, 3.05) is 13.7 Å². The summed E-state index contributed by atoms with van der Waals surface area (Å²) in [6.07, 6.45) is 5.45. The number of methoxy groups -OCH3 is 1. The Bertz CT molecular complexity index is 947. The normalized spacial score (nSPS) is 24.9. The summed E-state index contributed by atoms with van der Waals surface area (Å²) in [5.41, 5.74) is -0.172. The molecule has 0 bridgehead atoms. The van der Waals surface area contributed by atoms with Crippen LogP contribution in [-0.4, -0.2) is 19.4 Å². The number of fused-ring (bicyclic) bond motifs is 1. The number of hydrogen-bond acceptors (Lipinski definition) is 6. The van der Waals surface area contributed by atoms with E-state index in [1.54, 1.807) is 13.2 Å². The Balaban J connectivity index is 2.17. The Morgan fingerprint density at radius 2 is 1.97 bits per heavy atom. The van der Waals surface area contributed by atoms with Crippen LogP contribution in [0.5, 0.6) is 11.5 Å². The highest BCUT2D eigenvalue weighted by molar-refractivity contribution is 6.00. The van der Waals surface area contributed by atoms with E-state index in [9.17, 15) is 15.8 Å². The minimum absolute atomic E-state index is 0.121. The van der Waals surface area contributed by atoms with Crippen LogP contribution in [0, 0.1) is 56.7 Å². The molecule has 0 amide bonds. The highest BCUT2D eigenvalue weighted by Crippen LogP contribution is 2.55. The first-order chi connectivity index (χ1) is 14.1. The Kier molecular flexibility index (Phi) is 5.90. The second-order valence-corrected chi connectivity index (χ2v) is 7.49. The molecule has 6 nitrogen and oxygen atoms in total. The van der Waals surface area contributed by atoms with Gasteiger partial charge in [0.25, 0.3) is 0 Å². The van der Waals surface area contributed by atoms with Crippen LogP contribution >= 0.6 is 0 Å². The molecule has 0 radical (unpaired) electrons. The number of ether oxygens (including phenoxy) is 2. The van der Waals surface area contributed by atoms with Crippen LogP contribution in [0.3, 0.4) is 0 Å². The number of nitrogens with one attached hydrogen (secondary N) is 1. The molecule has 2 aliphatic rings. The summed E-state index contributed by atoms with van der Waals surface area (Å²) in [5, 5.41) is 38.4. The van der Waals surface area contributed by atoms with Crippen molar-refractivity contribution in [2.45, 2.75) is 38.5 Å². The first kappa shape index (κ1) is 20.4. The van der Waals surface area contributed by atoms with Crippen molar-refractivity contribution < 1.29 is 9.47 Å². The highest BCUT2D eigenvalue weighted by atomic mass is 16.5. The summed E-state index contributed by atoms with van der Waals surface area (Å²) in [4.78, 5) is 0. The molecule has 0 aromatic heterocycles. The molecular weight excluding hydrogens is 364 g/mol. The molecule has 29 heavy (non-hydrogen) atoms. The van der Waals surface area contributed by atoms with Crippen LogP contribution in [0.1, 0.15) is 44.1 Å². The third-order valence-electron chi connectivity index (χ3n) is 5.93. The van der Waals surface area contributed by atoms with Gasteiger partial charge in [0.2, 0.25) is 0 Å². The number of benzene rings is 1. The standard InChI is InChI=1S/C23H24N4O2/c1-3-10-29-19-9-8-15(11-20(19)28-2)21-17-7-5-4-6-16(17)18(12-24)22(27)23(21,13-25)14-26/h6,8-9,11,17-18,21,27H,3-5,7,10H2,1-2H3/t17-,18-,21+/m1/s1. The lowest BCUT2D eigenvalue weighted by Gasteiger charge is -2.45.